The summed E-state index contributed by atoms with van der Waals surface area (Å²) in [5, 5.41) is 11.1. The molecule has 0 N–H and O–H groups in total. The molecule has 0 bridgehead atoms. The normalized spacial score (nSPS) is 12.0. The second-order valence-electron chi connectivity index (χ2n) is 3.72. The summed E-state index contributed by atoms with van der Waals surface area (Å²) in [5.74, 6) is 0. The lowest BCUT2D eigenvalue weighted by atomic mass is 10.6. The molecule has 0 aliphatic heterocycles. The number of ether oxygens (including phenoxy) is 3. The van der Waals surface area contributed by atoms with Gasteiger partial charge in [-0.05, 0) is 6.92 Å². The summed E-state index contributed by atoms with van der Waals surface area (Å²) in [6, 6.07) is 0. The fourth-order valence-corrected chi connectivity index (χ4v) is 0.869. The van der Waals surface area contributed by atoms with Gasteiger partial charge >= 0.3 is 0 Å². The highest BCUT2D eigenvalue weighted by Crippen LogP contribution is 1.91. The number of rotatable bonds is 10. The molecule has 0 radical (unpaired) electrons. The minimum absolute atomic E-state index is 0.314. The Morgan fingerprint density at radius 1 is 0.867 bits per heavy atom. The molecule has 92 valence electrons. The average Bonchev–Trinajstić information content (AvgIpc) is 2.14. The molecule has 0 saturated heterocycles. The van der Waals surface area contributed by atoms with Crippen LogP contribution < -0.4 is 0 Å². The van der Waals surface area contributed by atoms with Gasteiger partial charge in [-0.3, -0.25) is 0 Å². The number of hydroxylamine groups is 3. The van der Waals surface area contributed by atoms with E-state index < -0.39 is 0 Å². The summed E-state index contributed by atoms with van der Waals surface area (Å²) < 4.78 is 15.3. The van der Waals surface area contributed by atoms with Gasteiger partial charge in [0.2, 0.25) is 0 Å². The second-order valence-corrected chi connectivity index (χ2v) is 3.72. The molecular formula is C10H23NO4. The Kier molecular flexibility index (Phi) is 8.94. The zero-order valence-electron chi connectivity index (χ0n) is 10.0. The van der Waals surface area contributed by atoms with E-state index in [0.29, 0.717) is 39.6 Å². The van der Waals surface area contributed by atoms with Gasteiger partial charge < -0.3 is 24.1 Å². The second kappa shape index (κ2) is 9.06. The highest BCUT2D eigenvalue weighted by atomic mass is 16.6. The van der Waals surface area contributed by atoms with E-state index in [1.165, 1.54) is 0 Å². The summed E-state index contributed by atoms with van der Waals surface area (Å²) in [7, 11) is 3.20. The molecule has 0 fully saturated rings. The predicted molar refractivity (Wildman–Crippen MR) is 58.5 cm³/mol. The van der Waals surface area contributed by atoms with Crippen LogP contribution in [0.25, 0.3) is 0 Å². The summed E-state index contributed by atoms with van der Waals surface area (Å²) in [6.07, 6.45) is 0. The van der Waals surface area contributed by atoms with Crippen LogP contribution in [0.15, 0.2) is 0 Å². The Morgan fingerprint density at radius 3 is 1.80 bits per heavy atom. The Hall–Kier alpha value is -0.200. The minimum Gasteiger partial charge on any atom is -0.633 e. The van der Waals surface area contributed by atoms with Crippen molar-refractivity contribution in [3.05, 3.63) is 5.21 Å². The first-order valence-electron chi connectivity index (χ1n) is 5.33. The maximum atomic E-state index is 11.1. The van der Waals surface area contributed by atoms with Crippen molar-refractivity contribution in [3.8, 4) is 0 Å². The van der Waals surface area contributed by atoms with Crippen LogP contribution in [-0.4, -0.2) is 64.9 Å². The SMILES string of the molecule is CCOCCOCCOCC[N+](C)(C)[O-]. The third kappa shape index (κ3) is 13.8. The van der Waals surface area contributed by atoms with E-state index in [-0.39, 0.29) is 4.65 Å². The summed E-state index contributed by atoms with van der Waals surface area (Å²) >= 11 is 0. The van der Waals surface area contributed by atoms with Crippen molar-refractivity contribution in [1.82, 2.24) is 0 Å². The van der Waals surface area contributed by atoms with Crippen molar-refractivity contribution < 1.29 is 18.9 Å². The van der Waals surface area contributed by atoms with Crippen LogP contribution in [0.2, 0.25) is 0 Å². The van der Waals surface area contributed by atoms with Crippen LogP contribution in [0.4, 0.5) is 0 Å². The van der Waals surface area contributed by atoms with Crippen LogP contribution in [0.3, 0.4) is 0 Å². The topological polar surface area (TPSA) is 50.8 Å². The molecule has 5 nitrogen and oxygen atoms in total. The van der Waals surface area contributed by atoms with E-state index in [1.807, 2.05) is 6.92 Å². The van der Waals surface area contributed by atoms with E-state index in [1.54, 1.807) is 14.1 Å². The van der Waals surface area contributed by atoms with Crippen molar-refractivity contribution in [2.45, 2.75) is 6.92 Å². The number of likely N-dealkylation sites (N-methyl/N-ethyl adjacent to an activating group) is 1. The lowest BCUT2D eigenvalue weighted by molar-refractivity contribution is -0.840. The van der Waals surface area contributed by atoms with Crippen LogP contribution in [0, 0.1) is 5.21 Å². The molecule has 0 heterocycles. The summed E-state index contributed by atoms with van der Waals surface area (Å²) in [5.41, 5.74) is 0. The van der Waals surface area contributed by atoms with Gasteiger partial charge in [0.25, 0.3) is 0 Å². The minimum atomic E-state index is -0.314. The van der Waals surface area contributed by atoms with Gasteiger partial charge in [0.1, 0.15) is 6.54 Å². The smallest absolute Gasteiger partial charge is 0.102 e. The van der Waals surface area contributed by atoms with Gasteiger partial charge in [-0.2, -0.15) is 0 Å². The Balaban J connectivity index is 2.99. The highest BCUT2D eigenvalue weighted by molar-refractivity contribution is 4.35. The largest absolute Gasteiger partial charge is 0.633 e. The quantitative estimate of drug-likeness (QED) is 0.308. The Morgan fingerprint density at radius 2 is 1.33 bits per heavy atom. The molecule has 0 unspecified atom stereocenters. The summed E-state index contributed by atoms with van der Waals surface area (Å²) in [4.78, 5) is 0. The van der Waals surface area contributed by atoms with E-state index in [9.17, 15) is 5.21 Å². The van der Waals surface area contributed by atoms with E-state index in [2.05, 4.69) is 0 Å². The van der Waals surface area contributed by atoms with Crippen molar-refractivity contribution in [3.63, 3.8) is 0 Å². The van der Waals surface area contributed by atoms with Crippen LogP contribution in [0.5, 0.6) is 0 Å². The molecule has 0 aromatic carbocycles. The number of hydrogen-bond acceptors (Lipinski definition) is 4. The third-order valence-electron chi connectivity index (χ3n) is 1.72. The van der Waals surface area contributed by atoms with Crippen molar-refractivity contribution >= 4 is 0 Å². The lowest BCUT2D eigenvalue weighted by Gasteiger charge is -2.33. The van der Waals surface area contributed by atoms with E-state index in [0.717, 1.165) is 6.61 Å². The van der Waals surface area contributed by atoms with Gasteiger partial charge in [0.05, 0.1) is 47.1 Å². The fraction of sp³-hybridized carbons (Fsp3) is 1.00. The molecule has 0 atom stereocenters. The molecule has 0 aromatic heterocycles. The molecule has 0 aliphatic carbocycles. The maximum Gasteiger partial charge on any atom is 0.102 e. The predicted octanol–water partition coefficient (Wildman–Crippen LogP) is 0.630. The first kappa shape index (κ1) is 14.8. The zero-order valence-corrected chi connectivity index (χ0v) is 10.0. The molecule has 0 saturated carbocycles. The molecule has 0 spiro atoms. The summed E-state index contributed by atoms with van der Waals surface area (Å²) in [6.45, 7) is 5.93. The third-order valence-corrected chi connectivity index (χ3v) is 1.72. The molecule has 15 heavy (non-hydrogen) atoms. The monoisotopic (exact) mass is 221 g/mol. The lowest BCUT2D eigenvalue weighted by Crippen LogP contribution is -2.35. The van der Waals surface area contributed by atoms with Gasteiger partial charge in [-0.1, -0.05) is 0 Å². The first-order valence-corrected chi connectivity index (χ1v) is 5.33. The number of hydrogen-bond donors (Lipinski definition) is 0. The Bertz CT molecular complexity index is 136. The molecule has 0 amide bonds. The van der Waals surface area contributed by atoms with Crippen LogP contribution >= 0.6 is 0 Å². The molecule has 5 heteroatoms. The van der Waals surface area contributed by atoms with Gasteiger partial charge in [0.15, 0.2) is 0 Å². The maximum absolute atomic E-state index is 11.1. The molecular weight excluding hydrogens is 198 g/mol. The van der Waals surface area contributed by atoms with Crippen LogP contribution in [-0.2, 0) is 14.2 Å². The molecule has 0 aromatic rings. The first-order chi connectivity index (χ1) is 7.06. The molecule has 0 rings (SSSR count). The van der Waals surface area contributed by atoms with Crippen molar-refractivity contribution in [2.75, 3.05) is 60.3 Å². The van der Waals surface area contributed by atoms with E-state index in [4.69, 9.17) is 14.2 Å². The standard InChI is InChI=1S/C10H23NO4/c1-4-13-7-8-15-10-9-14-6-5-11(2,3)12/h4-10H2,1-3H3. The fourth-order valence-electron chi connectivity index (χ4n) is 0.869. The Labute approximate surface area is 92.1 Å². The van der Waals surface area contributed by atoms with Crippen LogP contribution in [0.1, 0.15) is 6.92 Å². The van der Waals surface area contributed by atoms with E-state index >= 15 is 0 Å². The average molecular weight is 221 g/mol. The number of quaternary nitrogens is 1. The van der Waals surface area contributed by atoms with Crippen molar-refractivity contribution in [2.24, 2.45) is 0 Å². The van der Waals surface area contributed by atoms with Gasteiger partial charge in [-0.25, -0.2) is 0 Å². The van der Waals surface area contributed by atoms with Gasteiger partial charge in [-0.15, -0.1) is 0 Å². The highest BCUT2D eigenvalue weighted by Gasteiger charge is 2.00. The molecule has 0 aliphatic rings. The van der Waals surface area contributed by atoms with Crippen molar-refractivity contribution in [1.29, 1.82) is 0 Å². The zero-order chi connectivity index (χ0) is 11.6. The number of nitrogens with zero attached hydrogens (tertiary/aromatic N) is 1. The van der Waals surface area contributed by atoms with Gasteiger partial charge in [0, 0.05) is 6.61 Å².